The number of hydrogen-bond acceptors (Lipinski definition) is 3. The zero-order chi connectivity index (χ0) is 17.6. The highest BCUT2D eigenvalue weighted by Crippen LogP contribution is 2.22. The van der Waals surface area contributed by atoms with Gasteiger partial charge in [-0.1, -0.05) is 19.1 Å². The first kappa shape index (κ1) is 18.8. The van der Waals surface area contributed by atoms with Crippen LogP contribution in [0.15, 0.2) is 24.3 Å². The molecule has 0 aliphatic rings. The Morgan fingerprint density at radius 1 is 1.26 bits per heavy atom. The molecule has 0 aliphatic carbocycles. The van der Waals surface area contributed by atoms with Gasteiger partial charge in [0.05, 0.1) is 13.5 Å². The topological polar surface area (TPSA) is 75.6 Å². The molecule has 1 rings (SSSR count). The van der Waals surface area contributed by atoms with Crippen LogP contribution in [0.3, 0.4) is 0 Å². The number of ether oxygens (including phenoxy) is 1. The number of aliphatic carboxylic acids is 1. The largest absolute Gasteiger partial charge is 0.497 e. The van der Waals surface area contributed by atoms with E-state index in [1.54, 1.807) is 24.3 Å². The van der Waals surface area contributed by atoms with Gasteiger partial charge in [0.15, 0.2) is 0 Å². The van der Waals surface area contributed by atoms with Crippen molar-refractivity contribution in [2.45, 2.75) is 32.0 Å². The quantitative estimate of drug-likeness (QED) is 0.803. The number of nitrogens with one attached hydrogen (secondary N) is 1. The SMILES string of the molecule is COc1ccc(CC(C)C(=O)NC(CC(F)(F)F)C(=O)O)cc1. The summed E-state index contributed by atoms with van der Waals surface area (Å²) in [6.45, 7) is 1.52. The Morgan fingerprint density at radius 3 is 2.26 bits per heavy atom. The Hall–Kier alpha value is -2.25. The van der Waals surface area contributed by atoms with Crippen LogP contribution in [0.4, 0.5) is 13.2 Å². The Labute approximate surface area is 131 Å². The zero-order valence-electron chi connectivity index (χ0n) is 12.7. The summed E-state index contributed by atoms with van der Waals surface area (Å²) in [7, 11) is 1.51. The summed E-state index contributed by atoms with van der Waals surface area (Å²) in [5.41, 5.74) is 0.788. The second kappa shape index (κ2) is 7.85. The van der Waals surface area contributed by atoms with Crippen molar-refractivity contribution in [2.75, 3.05) is 7.11 Å². The van der Waals surface area contributed by atoms with E-state index in [4.69, 9.17) is 9.84 Å². The Morgan fingerprint density at radius 2 is 1.83 bits per heavy atom. The highest BCUT2D eigenvalue weighted by atomic mass is 19.4. The van der Waals surface area contributed by atoms with Gasteiger partial charge >= 0.3 is 12.1 Å². The number of methoxy groups -OCH3 is 1. The molecule has 0 aliphatic heterocycles. The van der Waals surface area contributed by atoms with Crippen LogP contribution in [-0.2, 0) is 16.0 Å². The number of benzene rings is 1. The van der Waals surface area contributed by atoms with Crippen molar-refractivity contribution in [1.29, 1.82) is 0 Å². The molecule has 1 aromatic carbocycles. The number of amides is 1. The maximum atomic E-state index is 12.3. The lowest BCUT2D eigenvalue weighted by Gasteiger charge is -2.19. The fourth-order valence-corrected chi connectivity index (χ4v) is 1.95. The first-order valence-electron chi connectivity index (χ1n) is 6.85. The molecule has 2 unspecified atom stereocenters. The third-order valence-corrected chi connectivity index (χ3v) is 3.20. The van der Waals surface area contributed by atoms with E-state index in [1.807, 2.05) is 5.32 Å². The number of carbonyl (C=O) groups excluding carboxylic acids is 1. The molecule has 2 atom stereocenters. The van der Waals surface area contributed by atoms with Crippen LogP contribution in [0.25, 0.3) is 0 Å². The van der Waals surface area contributed by atoms with Crippen molar-refractivity contribution >= 4 is 11.9 Å². The van der Waals surface area contributed by atoms with Crippen LogP contribution in [0.1, 0.15) is 18.9 Å². The van der Waals surface area contributed by atoms with Gasteiger partial charge in [0.2, 0.25) is 5.91 Å². The first-order valence-corrected chi connectivity index (χ1v) is 6.85. The van der Waals surface area contributed by atoms with E-state index in [0.29, 0.717) is 5.75 Å². The van der Waals surface area contributed by atoms with E-state index in [2.05, 4.69) is 0 Å². The van der Waals surface area contributed by atoms with E-state index >= 15 is 0 Å². The standard InChI is InChI=1S/C15H18F3NO4/c1-9(7-10-3-5-11(23-2)6-4-10)13(20)19-12(14(21)22)8-15(16,17)18/h3-6,9,12H,7-8H2,1-2H3,(H,19,20)(H,21,22). The smallest absolute Gasteiger partial charge is 0.391 e. The lowest BCUT2D eigenvalue weighted by Crippen LogP contribution is -2.45. The van der Waals surface area contributed by atoms with Gasteiger partial charge in [-0.15, -0.1) is 0 Å². The molecule has 0 saturated carbocycles. The highest BCUT2D eigenvalue weighted by molar-refractivity contribution is 5.85. The molecule has 0 aromatic heterocycles. The summed E-state index contributed by atoms with van der Waals surface area (Å²) >= 11 is 0. The lowest BCUT2D eigenvalue weighted by atomic mass is 9.99. The maximum Gasteiger partial charge on any atom is 0.391 e. The lowest BCUT2D eigenvalue weighted by molar-refractivity contribution is -0.160. The predicted octanol–water partition coefficient (Wildman–Crippen LogP) is 2.40. The fraction of sp³-hybridized carbons (Fsp3) is 0.467. The molecule has 0 saturated heterocycles. The van der Waals surface area contributed by atoms with Crippen molar-refractivity contribution in [1.82, 2.24) is 5.32 Å². The molecule has 0 fully saturated rings. The average molecular weight is 333 g/mol. The number of alkyl halides is 3. The van der Waals surface area contributed by atoms with Crippen molar-refractivity contribution in [3.05, 3.63) is 29.8 Å². The average Bonchev–Trinajstić information content (AvgIpc) is 2.45. The van der Waals surface area contributed by atoms with Gasteiger partial charge in [-0.05, 0) is 24.1 Å². The van der Waals surface area contributed by atoms with Gasteiger partial charge in [0.1, 0.15) is 11.8 Å². The molecule has 23 heavy (non-hydrogen) atoms. The first-order chi connectivity index (χ1) is 10.6. The molecule has 5 nitrogen and oxygen atoms in total. The summed E-state index contributed by atoms with van der Waals surface area (Å²) in [5.74, 6) is -2.48. The number of halogens is 3. The maximum absolute atomic E-state index is 12.3. The van der Waals surface area contributed by atoms with E-state index in [0.717, 1.165) is 5.56 Å². The summed E-state index contributed by atoms with van der Waals surface area (Å²) in [4.78, 5) is 22.7. The van der Waals surface area contributed by atoms with Crippen LogP contribution < -0.4 is 10.1 Å². The Bertz CT molecular complexity index is 543. The van der Waals surface area contributed by atoms with Crippen LogP contribution in [-0.4, -0.2) is 36.3 Å². The summed E-state index contributed by atoms with van der Waals surface area (Å²) in [6.07, 6.45) is -6.01. The minimum atomic E-state index is -4.67. The Kier molecular flexibility index (Phi) is 6.41. The van der Waals surface area contributed by atoms with Gasteiger partial charge in [0, 0.05) is 5.92 Å². The third-order valence-electron chi connectivity index (χ3n) is 3.20. The van der Waals surface area contributed by atoms with Gasteiger partial charge in [-0.3, -0.25) is 4.79 Å². The van der Waals surface area contributed by atoms with Crippen LogP contribution in [0, 0.1) is 5.92 Å². The van der Waals surface area contributed by atoms with Crippen molar-refractivity contribution in [2.24, 2.45) is 5.92 Å². The van der Waals surface area contributed by atoms with Crippen LogP contribution in [0.5, 0.6) is 5.75 Å². The van der Waals surface area contributed by atoms with E-state index in [9.17, 15) is 22.8 Å². The normalized spacial score (nSPS) is 14.0. The zero-order valence-corrected chi connectivity index (χ0v) is 12.7. The summed E-state index contributed by atoms with van der Waals surface area (Å²) in [6, 6.07) is 4.87. The molecule has 2 N–H and O–H groups in total. The van der Waals surface area contributed by atoms with Gasteiger partial charge < -0.3 is 15.2 Å². The van der Waals surface area contributed by atoms with Crippen LogP contribution >= 0.6 is 0 Å². The van der Waals surface area contributed by atoms with E-state index in [-0.39, 0.29) is 6.42 Å². The summed E-state index contributed by atoms with van der Waals surface area (Å²) < 4.78 is 41.9. The van der Waals surface area contributed by atoms with Crippen LogP contribution in [0.2, 0.25) is 0 Å². The monoisotopic (exact) mass is 333 g/mol. The number of rotatable bonds is 7. The molecule has 128 valence electrons. The molecular formula is C15H18F3NO4. The predicted molar refractivity (Wildman–Crippen MR) is 76.1 cm³/mol. The number of carboxylic acids is 1. The van der Waals surface area contributed by atoms with Crippen molar-refractivity contribution in [3.8, 4) is 5.75 Å². The second-order valence-electron chi connectivity index (χ2n) is 5.17. The number of carbonyl (C=O) groups is 2. The molecule has 1 amide bonds. The molecule has 8 heteroatoms. The van der Waals surface area contributed by atoms with Gasteiger partial charge in [-0.25, -0.2) is 4.79 Å². The fourth-order valence-electron chi connectivity index (χ4n) is 1.95. The minimum Gasteiger partial charge on any atom is -0.497 e. The molecule has 0 spiro atoms. The van der Waals surface area contributed by atoms with Gasteiger partial charge in [0.25, 0.3) is 0 Å². The molecule has 0 bridgehead atoms. The van der Waals surface area contributed by atoms with Crippen molar-refractivity contribution in [3.63, 3.8) is 0 Å². The molecule has 0 heterocycles. The molecular weight excluding hydrogens is 315 g/mol. The molecule has 0 radical (unpaired) electrons. The minimum absolute atomic E-state index is 0.272. The van der Waals surface area contributed by atoms with Crippen molar-refractivity contribution < 1.29 is 32.6 Å². The highest BCUT2D eigenvalue weighted by Gasteiger charge is 2.36. The Balaban J connectivity index is 2.65. The number of carboxylic acid groups (broad SMARTS) is 1. The third kappa shape index (κ3) is 6.58. The number of hydrogen-bond donors (Lipinski definition) is 2. The van der Waals surface area contributed by atoms with E-state index < -0.39 is 36.4 Å². The summed E-state index contributed by atoms with van der Waals surface area (Å²) in [5, 5.41) is 10.7. The van der Waals surface area contributed by atoms with Gasteiger partial charge in [-0.2, -0.15) is 13.2 Å². The molecule has 1 aromatic rings. The van der Waals surface area contributed by atoms with E-state index in [1.165, 1.54) is 14.0 Å². The second-order valence-corrected chi connectivity index (χ2v) is 5.17.